The summed E-state index contributed by atoms with van der Waals surface area (Å²) < 4.78 is 13.3. The second-order valence-corrected chi connectivity index (χ2v) is 8.09. The molecule has 12 nitrogen and oxygen atoms in total. The molecule has 0 unspecified atom stereocenters. The summed E-state index contributed by atoms with van der Waals surface area (Å²) in [6.45, 7) is 0. The molecule has 0 saturated heterocycles. The summed E-state index contributed by atoms with van der Waals surface area (Å²) in [5, 5.41) is 0. The van der Waals surface area contributed by atoms with Crippen molar-refractivity contribution in [3.05, 3.63) is 17.7 Å². The van der Waals surface area contributed by atoms with Gasteiger partial charge in [0.2, 0.25) is 0 Å². The Kier molecular flexibility index (Phi) is 6.84. The molecule has 1 saturated carbocycles. The quantitative estimate of drug-likeness (QED) is 0.127. The number of benzene rings is 2. The van der Waals surface area contributed by atoms with Crippen molar-refractivity contribution in [3.63, 3.8) is 0 Å². The molecule has 0 radical (unpaired) electrons. The Hall–Kier alpha value is -3.71. The third-order valence-electron chi connectivity index (χ3n) is 5.64. The van der Waals surface area contributed by atoms with Crippen molar-refractivity contribution in [1.82, 2.24) is 0 Å². The highest BCUT2D eigenvalue weighted by atomic mass is 32.1. The van der Waals surface area contributed by atoms with Gasteiger partial charge in [-0.3, -0.25) is 4.79 Å². The first kappa shape index (κ1) is 23.9. The van der Waals surface area contributed by atoms with Crippen LogP contribution in [0.25, 0.3) is 0 Å². The second-order valence-electron chi connectivity index (χ2n) is 7.87. The average Bonchev–Trinajstić information content (AvgIpc) is 2.76. The van der Waals surface area contributed by atoms with Crippen LogP contribution in [-0.4, -0.2) is 18.0 Å². The van der Waals surface area contributed by atoms with Crippen LogP contribution < -0.4 is 54.3 Å². The molecule has 33 heavy (non-hydrogen) atoms. The van der Waals surface area contributed by atoms with Crippen LogP contribution in [0.15, 0.2) is 12.1 Å². The van der Waals surface area contributed by atoms with Crippen molar-refractivity contribution in [2.45, 2.75) is 31.7 Å². The van der Waals surface area contributed by atoms with Crippen LogP contribution in [0, 0.1) is 5.92 Å². The molecular formula is C20H28N8O4S. The third-order valence-corrected chi connectivity index (χ3v) is 5.86. The van der Waals surface area contributed by atoms with Crippen LogP contribution in [0.1, 0.15) is 36.0 Å². The summed E-state index contributed by atoms with van der Waals surface area (Å²) in [7, 11) is 0. The van der Waals surface area contributed by atoms with Gasteiger partial charge in [-0.05, 0) is 25.7 Å². The Labute approximate surface area is 195 Å². The molecule has 0 amide bonds. The number of thiol groups is 1. The molecule has 2 aromatic rings. The molecule has 0 aromatic heterocycles. The number of anilines is 7. The topological polar surface area (TPSA) is 247 Å². The van der Waals surface area contributed by atoms with Crippen molar-refractivity contribution in [1.29, 1.82) is 0 Å². The van der Waals surface area contributed by atoms with E-state index in [0.29, 0.717) is 12.8 Å². The van der Waals surface area contributed by atoms with Crippen molar-refractivity contribution in [3.8, 4) is 11.5 Å². The van der Waals surface area contributed by atoms with E-state index in [1.165, 1.54) is 12.1 Å². The van der Waals surface area contributed by atoms with Gasteiger partial charge in [-0.1, -0.05) is 12.8 Å². The Bertz CT molecular complexity index is 1100. The highest BCUT2D eigenvalue weighted by Gasteiger charge is 2.29. The van der Waals surface area contributed by atoms with E-state index in [-0.39, 0.29) is 68.8 Å². The van der Waals surface area contributed by atoms with Crippen LogP contribution in [0.4, 0.5) is 39.8 Å². The molecular weight excluding hydrogens is 448 g/mol. The summed E-state index contributed by atoms with van der Waals surface area (Å²) in [6.07, 6.45) is 2.69. The van der Waals surface area contributed by atoms with Gasteiger partial charge >= 0.3 is 11.9 Å². The Balaban J connectivity index is 1.86. The number of carbonyl (C=O) groups is 2. The van der Waals surface area contributed by atoms with E-state index in [4.69, 9.17) is 49.6 Å². The van der Waals surface area contributed by atoms with E-state index in [9.17, 15) is 9.59 Å². The summed E-state index contributed by atoms with van der Waals surface area (Å²) in [5.41, 5.74) is 41.2. The zero-order valence-corrected chi connectivity index (χ0v) is 18.7. The minimum absolute atomic E-state index is 0.0409. The maximum atomic E-state index is 12.9. The lowest BCUT2D eigenvalue weighted by Gasteiger charge is -2.25. The monoisotopic (exact) mass is 476 g/mol. The fourth-order valence-corrected chi connectivity index (χ4v) is 3.86. The number of hydrogen-bond acceptors (Lipinski definition) is 13. The van der Waals surface area contributed by atoms with Gasteiger partial charge in [-0.15, -0.1) is 0 Å². The normalized spacial score (nSPS) is 17.9. The second kappa shape index (κ2) is 9.42. The van der Waals surface area contributed by atoms with Crippen LogP contribution in [0.2, 0.25) is 0 Å². The lowest BCUT2D eigenvalue weighted by molar-refractivity contribution is -0.140. The fraction of sp³-hybridized carbons (Fsp3) is 0.300. The molecule has 2 aromatic carbocycles. The average molecular weight is 477 g/mol. The summed E-state index contributed by atoms with van der Waals surface area (Å²) in [5.74, 6) is -1.79. The molecule has 0 heterocycles. The highest BCUT2D eigenvalue weighted by Crippen LogP contribution is 2.42. The minimum Gasteiger partial charge on any atom is -0.424 e. The van der Waals surface area contributed by atoms with Gasteiger partial charge in [0, 0.05) is 18.2 Å². The fourth-order valence-electron chi connectivity index (χ4n) is 3.63. The first-order valence-corrected chi connectivity index (χ1v) is 10.5. The number of hydrogen-bond donors (Lipinski definition) is 9. The van der Waals surface area contributed by atoms with Gasteiger partial charge in [0.15, 0.2) is 11.5 Å². The van der Waals surface area contributed by atoms with Crippen molar-refractivity contribution in [2.75, 3.05) is 39.1 Å². The zero-order valence-electron chi connectivity index (χ0n) is 17.8. The predicted octanol–water partition coefficient (Wildman–Crippen LogP) is 1.08. The van der Waals surface area contributed by atoms with Gasteiger partial charge in [0.05, 0.1) is 40.0 Å². The van der Waals surface area contributed by atoms with Gasteiger partial charge in [0.25, 0.3) is 0 Å². The van der Waals surface area contributed by atoms with Crippen LogP contribution >= 0.6 is 12.8 Å². The van der Waals surface area contributed by atoms with E-state index in [2.05, 4.69) is 17.5 Å². The largest absolute Gasteiger partial charge is 0.424 e. The van der Waals surface area contributed by atoms with Gasteiger partial charge in [-0.25, -0.2) is 4.79 Å². The molecule has 1 aliphatic rings. The van der Waals surface area contributed by atoms with Crippen molar-refractivity contribution in [2.24, 2.45) is 11.7 Å². The van der Waals surface area contributed by atoms with Gasteiger partial charge in [-0.2, -0.15) is 0 Å². The molecule has 3 rings (SSSR count). The number of rotatable bonds is 5. The van der Waals surface area contributed by atoms with Crippen molar-refractivity contribution < 1.29 is 19.1 Å². The Morgan fingerprint density at radius 3 is 2.03 bits per heavy atom. The molecule has 0 spiro atoms. The molecule has 15 N–H and O–H groups in total. The zero-order chi connectivity index (χ0) is 24.4. The van der Waals surface area contributed by atoms with Crippen LogP contribution in [-0.2, 0) is 4.79 Å². The molecule has 1 aliphatic carbocycles. The maximum Gasteiger partial charge on any atom is 0.347 e. The van der Waals surface area contributed by atoms with E-state index in [0.717, 1.165) is 12.8 Å². The molecule has 0 atom stereocenters. The summed E-state index contributed by atoms with van der Waals surface area (Å²) >= 11 is 3.95. The third kappa shape index (κ3) is 4.73. The number of nitrogens with two attached hydrogens (primary N) is 7. The van der Waals surface area contributed by atoms with Crippen LogP contribution in [0.5, 0.6) is 11.5 Å². The first-order chi connectivity index (χ1) is 15.5. The maximum absolute atomic E-state index is 12.9. The molecule has 0 bridgehead atoms. The number of nitrogen functional groups attached to an aromatic ring is 6. The number of esters is 2. The standard InChI is InChI=1S/C20H28N8O4S/c21-8-3-1-7(2-4-8)19(29)31-11-5-9(22)13(16(26)15(11)25)20(30)32-12-6-10(23)14(24)17(27)18(12)28-33/h5-8,28,33H,1-4,21-27H2. The predicted molar refractivity (Wildman–Crippen MR) is 132 cm³/mol. The lowest BCUT2D eigenvalue weighted by atomic mass is 9.86. The van der Waals surface area contributed by atoms with Crippen LogP contribution in [0.3, 0.4) is 0 Å². The minimum atomic E-state index is -0.941. The van der Waals surface area contributed by atoms with Gasteiger partial charge < -0.3 is 54.3 Å². The molecule has 1 fully saturated rings. The van der Waals surface area contributed by atoms with E-state index < -0.39 is 11.9 Å². The number of carbonyl (C=O) groups excluding carboxylic acids is 2. The smallest absolute Gasteiger partial charge is 0.347 e. The summed E-state index contributed by atoms with van der Waals surface area (Å²) in [6, 6.07) is 2.63. The molecule has 178 valence electrons. The Morgan fingerprint density at radius 1 is 0.818 bits per heavy atom. The highest BCUT2D eigenvalue weighted by molar-refractivity contribution is 7.81. The van der Waals surface area contributed by atoms with E-state index in [1.807, 2.05) is 0 Å². The molecule has 0 aliphatic heterocycles. The first-order valence-electron chi connectivity index (χ1n) is 10.1. The number of nitrogens with one attached hydrogen (secondary N) is 1. The van der Waals surface area contributed by atoms with Crippen molar-refractivity contribution >= 4 is 64.6 Å². The van der Waals surface area contributed by atoms with Gasteiger partial charge in [0.1, 0.15) is 11.3 Å². The number of ether oxygens (including phenoxy) is 2. The Morgan fingerprint density at radius 2 is 1.42 bits per heavy atom. The lowest BCUT2D eigenvalue weighted by Crippen LogP contribution is -2.31. The van der Waals surface area contributed by atoms with E-state index >= 15 is 0 Å². The summed E-state index contributed by atoms with van der Waals surface area (Å²) in [4.78, 5) is 25.4. The SMILES string of the molecule is Nc1cc(OC(=O)c2c(N)cc(OC(=O)C3CCC(N)CC3)c(N)c2N)c(NS)c(N)c1N. The molecule has 13 heteroatoms. The van der Waals surface area contributed by atoms with E-state index in [1.54, 1.807) is 0 Å².